The van der Waals surface area contributed by atoms with E-state index in [1.54, 1.807) is 19.4 Å². The van der Waals surface area contributed by atoms with Gasteiger partial charge >= 0.3 is 0 Å². The number of aromatic nitrogens is 2. The molecule has 3 aromatic rings. The number of halogens is 2. The smallest absolute Gasteiger partial charge is 0.254 e. The maximum absolute atomic E-state index is 13.7. The van der Waals surface area contributed by atoms with E-state index >= 15 is 0 Å². The SMILES string of the molecule is CC(NC(=O)c1ccc(F)cc1F)c1ccc(-n2ccnc2)cc1. The van der Waals surface area contributed by atoms with Gasteiger partial charge in [-0.05, 0) is 36.8 Å². The Morgan fingerprint density at radius 2 is 1.92 bits per heavy atom. The van der Waals surface area contributed by atoms with Crippen LogP contribution in [0.1, 0.15) is 28.9 Å². The Balaban J connectivity index is 1.72. The molecule has 0 aliphatic rings. The molecule has 1 heterocycles. The average molecular weight is 327 g/mol. The van der Waals surface area contributed by atoms with Gasteiger partial charge in [-0.15, -0.1) is 0 Å². The number of hydrogen-bond donors (Lipinski definition) is 1. The molecular formula is C18H15F2N3O. The van der Waals surface area contributed by atoms with Crippen molar-refractivity contribution in [2.75, 3.05) is 0 Å². The molecule has 0 radical (unpaired) electrons. The van der Waals surface area contributed by atoms with Crippen LogP contribution in [0.5, 0.6) is 0 Å². The lowest BCUT2D eigenvalue weighted by atomic mass is 10.1. The van der Waals surface area contributed by atoms with Gasteiger partial charge in [0.05, 0.1) is 17.9 Å². The number of nitrogens with one attached hydrogen (secondary N) is 1. The number of rotatable bonds is 4. The highest BCUT2D eigenvalue weighted by molar-refractivity contribution is 5.94. The lowest BCUT2D eigenvalue weighted by Crippen LogP contribution is -2.27. The van der Waals surface area contributed by atoms with E-state index in [0.29, 0.717) is 6.07 Å². The van der Waals surface area contributed by atoms with Crippen LogP contribution in [0.4, 0.5) is 8.78 Å². The Morgan fingerprint density at radius 3 is 2.54 bits per heavy atom. The zero-order chi connectivity index (χ0) is 17.1. The summed E-state index contributed by atoms with van der Waals surface area (Å²) in [5.41, 5.74) is 1.63. The van der Waals surface area contributed by atoms with Crippen LogP contribution in [-0.4, -0.2) is 15.5 Å². The first-order valence-electron chi connectivity index (χ1n) is 7.39. The van der Waals surface area contributed by atoms with Crippen molar-refractivity contribution in [2.24, 2.45) is 0 Å². The van der Waals surface area contributed by atoms with E-state index in [-0.39, 0.29) is 11.6 Å². The largest absolute Gasteiger partial charge is 0.345 e. The molecule has 1 unspecified atom stereocenters. The summed E-state index contributed by atoms with van der Waals surface area (Å²) in [5, 5.41) is 2.71. The van der Waals surface area contributed by atoms with E-state index in [4.69, 9.17) is 0 Å². The van der Waals surface area contributed by atoms with Crippen molar-refractivity contribution in [3.63, 3.8) is 0 Å². The zero-order valence-electron chi connectivity index (χ0n) is 12.9. The summed E-state index contributed by atoms with van der Waals surface area (Å²) >= 11 is 0. The van der Waals surface area contributed by atoms with Crippen LogP contribution in [-0.2, 0) is 0 Å². The van der Waals surface area contributed by atoms with Gasteiger partial charge in [0.2, 0.25) is 0 Å². The first kappa shape index (κ1) is 15.9. The Morgan fingerprint density at radius 1 is 1.17 bits per heavy atom. The number of carbonyl (C=O) groups is 1. The molecule has 1 N–H and O–H groups in total. The molecule has 3 rings (SSSR count). The van der Waals surface area contributed by atoms with Crippen LogP contribution in [0.3, 0.4) is 0 Å². The third-order valence-electron chi connectivity index (χ3n) is 3.72. The van der Waals surface area contributed by atoms with Gasteiger partial charge in [-0.25, -0.2) is 13.8 Å². The molecule has 122 valence electrons. The van der Waals surface area contributed by atoms with Gasteiger partial charge in [-0.2, -0.15) is 0 Å². The molecule has 24 heavy (non-hydrogen) atoms. The summed E-state index contributed by atoms with van der Waals surface area (Å²) < 4.78 is 28.4. The molecule has 0 saturated carbocycles. The molecule has 1 amide bonds. The van der Waals surface area contributed by atoms with Crippen LogP contribution in [0, 0.1) is 11.6 Å². The molecule has 0 aliphatic carbocycles. The van der Waals surface area contributed by atoms with E-state index in [0.717, 1.165) is 23.4 Å². The highest BCUT2D eigenvalue weighted by atomic mass is 19.1. The molecule has 6 heteroatoms. The van der Waals surface area contributed by atoms with Crippen molar-refractivity contribution in [1.82, 2.24) is 14.9 Å². The lowest BCUT2D eigenvalue weighted by molar-refractivity contribution is 0.0935. The first-order valence-corrected chi connectivity index (χ1v) is 7.39. The van der Waals surface area contributed by atoms with Crippen molar-refractivity contribution in [3.05, 3.63) is 83.9 Å². The number of nitrogens with zero attached hydrogens (tertiary/aromatic N) is 2. The van der Waals surface area contributed by atoms with E-state index in [1.807, 2.05) is 35.0 Å². The first-order chi connectivity index (χ1) is 11.5. The van der Waals surface area contributed by atoms with Gasteiger partial charge in [0.1, 0.15) is 11.6 Å². The molecule has 0 saturated heterocycles. The molecule has 2 aromatic carbocycles. The standard InChI is InChI=1S/C18H15F2N3O/c1-12(22-18(24)16-7-4-14(19)10-17(16)20)13-2-5-15(6-3-13)23-9-8-21-11-23/h2-12H,1H3,(H,22,24). The minimum absolute atomic E-state index is 0.182. The summed E-state index contributed by atoms with van der Waals surface area (Å²) in [5.74, 6) is -2.18. The predicted octanol–water partition coefficient (Wildman–Crippen LogP) is 3.64. The summed E-state index contributed by atoms with van der Waals surface area (Å²) in [6, 6.07) is 10.1. The zero-order valence-corrected chi connectivity index (χ0v) is 12.9. The van der Waals surface area contributed by atoms with E-state index in [9.17, 15) is 13.6 Å². The second-order valence-corrected chi connectivity index (χ2v) is 5.38. The van der Waals surface area contributed by atoms with Crippen LogP contribution < -0.4 is 5.32 Å². The second kappa shape index (κ2) is 6.62. The van der Waals surface area contributed by atoms with Gasteiger partial charge in [-0.1, -0.05) is 12.1 Å². The summed E-state index contributed by atoms with van der Waals surface area (Å²) in [4.78, 5) is 16.1. The number of imidazole rings is 1. The maximum atomic E-state index is 13.7. The van der Waals surface area contributed by atoms with E-state index in [1.165, 1.54) is 0 Å². The number of hydrogen-bond acceptors (Lipinski definition) is 2. The Kier molecular flexibility index (Phi) is 4.37. The quantitative estimate of drug-likeness (QED) is 0.795. The average Bonchev–Trinajstić information content (AvgIpc) is 3.09. The second-order valence-electron chi connectivity index (χ2n) is 5.38. The van der Waals surface area contributed by atoms with E-state index in [2.05, 4.69) is 10.3 Å². The number of benzene rings is 2. The molecule has 1 aromatic heterocycles. The minimum atomic E-state index is -0.879. The summed E-state index contributed by atoms with van der Waals surface area (Å²) in [6.07, 6.45) is 5.21. The van der Waals surface area contributed by atoms with Gasteiger partial charge < -0.3 is 9.88 Å². The summed E-state index contributed by atoms with van der Waals surface area (Å²) in [7, 11) is 0. The fourth-order valence-corrected chi connectivity index (χ4v) is 2.38. The molecule has 1 atom stereocenters. The van der Waals surface area contributed by atoms with Gasteiger partial charge in [0.15, 0.2) is 0 Å². The van der Waals surface area contributed by atoms with Crippen molar-refractivity contribution in [1.29, 1.82) is 0 Å². The van der Waals surface area contributed by atoms with Crippen molar-refractivity contribution >= 4 is 5.91 Å². The fourth-order valence-electron chi connectivity index (χ4n) is 2.38. The normalized spacial score (nSPS) is 12.0. The maximum Gasteiger partial charge on any atom is 0.254 e. The Labute approximate surface area is 137 Å². The van der Waals surface area contributed by atoms with Crippen molar-refractivity contribution in [2.45, 2.75) is 13.0 Å². The number of carbonyl (C=O) groups excluding carboxylic acids is 1. The molecule has 0 fully saturated rings. The Hall–Kier alpha value is -3.02. The third-order valence-corrected chi connectivity index (χ3v) is 3.72. The van der Waals surface area contributed by atoms with Crippen LogP contribution in [0.25, 0.3) is 5.69 Å². The molecular weight excluding hydrogens is 312 g/mol. The molecule has 0 aliphatic heterocycles. The third kappa shape index (κ3) is 3.32. The van der Waals surface area contributed by atoms with Crippen LogP contribution >= 0.6 is 0 Å². The Bertz CT molecular complexity index is 845. The highest BCUT2D eigenvalue weighted by Crippen LogP contribution is 2.17. The minimum Gasteiger partial charge on any atom is -0.345 e. The monoisotopic (exact) mass is 327 g/mol. The number of amides is 1. The van der Waals surface area contributed by atoms with Gasteiger partial charge in [0, 0.05) is 24.1 Å². The lowest BCUT2D eigenvalue weighted by Gasteiger charge is -2.15. The molecule has 4 nitrogen and oxygen atoms in total. The highest BCUT2D eigenvalue weighted by Gasteiger charge is 2.15. The van der Waals surface area contributed by atoms with Gasteiger partial charge in [0.25, 0.3) is 5.91 Å². The fraction of sp³-hybridized carbons (Fsp3) is 0.111. The topological polar surface area (TPSA) is 46.9 Å². The van der Waals surface area contributed by atoms with E-state index < -0.39 is 17.5 Å². The van der Waals surface area contributed by atoms with Crippen LogP contribution in [0.15, 0.2) is 61.2 Å². The summed E-state index contributed by atoms with van der Waals surface area (Å²) in [6.45, 7) is 1.80. The van der Waals surface area contributed by atoms with Gasteiger partial charge in [-0.3, -0.25) is 4.79 Å². The molecule has 0 spiro atoms. The predicted molar refractivity (Wildman–Crippen MR) is 85.8 cm³/mol. The van der Waals surface area contributed by atoms with Crippen molar-refractivity contribution in [3.8, 4) is 5.69 Å². The van der Waals surface area contributed by atoms with Crippen LogP contribution in [0.2, 0.25) is 0 Å². The van der Waals surface area contributed by atoms with Crippen molar-refractivity contribution < 1.29 is 13.6 Å². The molecule has 0 bridgehead atoms.